The van der Waals surface area contributed by atoms with Crippen LogP contribution in [0.4, 0.5) is 0 Å². The molecule has 1 aliphatic rings. The molecule has 1 aromatic rings. The predicted molar refractivity (Wildman–Crippen MR) is 102 cm³/mol. The van der Waals surface area contributed by atoms with Crippen molar-refractivity contribution in [1.29, 1.82) is 5.26 Å². The molecule has 1 aromatic carbocycles. The quantitative estimate of drug-likeness (QED) is 0.798. The molecule has 0 heterocycles. The molecule has 1 aliphatic carbocycles. The Morgan fingerprint density at radius 2 is 1.85 bits per heavy atom. The van der Waals surface area contributed by atoms with Gasteiger partial charge in [-0.2, -0.15) is 5.26 Å². The molecule has 1 saturated carbocycles. The van der Waals surface area contributed by atoms with Crippen LogP contribution in [0.2, 0.25) is 0 Å². The molecule has 0 aliphatic heterocycles. The Bertz CT molecular complexity index is 708. The van der Waals surface area contributed by atoms with Gasteiger partial charge in [0.2, 0.25) is 11.8 Å². The third-order valence-corrected chi connectivity index (χ3v) is 5.03. The zero-order chi connectivity index (χ0) is 19.0. The number of rotatable bonds is 6. The molecule has 2 amide bonds. The van der Waals surface area contributed by atoms with Gasteiger partial charge in [0.1, 0.15) is 5.54 Å². The molecule has 0 spiro atoms. The first-order valence-electron chi connectivity index (χ1n) is 9.35. The summed E-state index contributed by atoms with van der Waals surface area (Å²) in [4.78, 5) is 27.4. The maximum absolute atomic E-state index is 13.0. The molecule has 1 fully saturated rings. The average Bonchev–Trinajstić information content (AvgIpc) is 2.68. The van der Waals surface area contributed by atoms with Crippen molar-refractivity contribution in [2.45, 2.75) is 51.5 Å². The Labute approximate surface area is 155 Å². The minimum absolute atomic E-state index is 0.0152. The molecular formula is C21H27N3O2. The van der Waals surface area contributed by atoms with Crippen LogP contribution in [-0.2, 0) is 9.59 Å². The molecule has 1 N–H and O–H groups in total. The number of nitrogens with one attached hydrogen (secondary N) is 1. The number of likely N-dealkylation sites (N-methyl/N-ethyl adjacent to an activating group) is 1. The van der Waals surface area contributed by atoms with Gasteiger partial charge in [-0.25, -0.2) is 0 Å². The van der Waals surface area contributed by atoms with E-state index in [4.69, 9.17) is 5.26 Å². The van der Waals surface area contributed by atoms with E-state index in [1.807, 2.05) is 19.9 Å². The van der Waals surface area contributed by atoms with Gasteiger partial charge in [-0.15, -0.1) is 0 Å². The van der Waals surface area contributed by atoms with Crippen molar-refractivity contribution in [1.82, 2.24) is 10.2 Å². The van der Waals surface area contributed by atoms with Crippen LogP contribution >= 0.6 is 0 Å². The molecule has 0 bridgehead atoms. The Kier molecular flexibility index (Phi) is 6.97. The molecule has 26 heavy (non-hydrogen) atoms. The van der Waals surface area contributed by atoms with Crippen LogP contribution < -0.4 is 5.32 Å². The molecule has 2 rings (SSSR count). The number of carbonyl (C=O) groups excluding carboxylic acids is 2. The Morgan fingerprint density at radius 1 is 1.19 bits per heavy atom. The topological polar surface area (TPSA) is 73.2 Å². The molecule has 0 saturated heterocycles. The normalized spacial score (nSPS) is 16.0. The third-order valence-electron chi connectivity index (χ3n) is 5.03. The molecule has 5 heteroatoms. The first kappa shape index (κ1) is 19.7. The maximum atomic E-state index is 13.0. The maximum Gasteiger partial charge on any atom is 0.248 e. The van der Waals surface area contributed by atoms with Gasteiger partial charge in [0.25, 0.3) is 0 Å². The van der Waals surface area contributed by atoms with E-state index in [1.165, 1.54) is 6.08 Å². The summed E-state index contributed by atoms with van der Waals surface area (Å²) in [6.45, 7) is 5.19. The largest absolute Gasteiger partial charge is 0.341 e. The fourth-order valence-corrected chi connectivity index (χ4v) is 3.55. The highest BCUT2D eigenvalue weighted by atomic mass is 16.2. The van der Waals surface area contributed by atoms with Gasteiger partial charge in [0, 0.05) is 19.2 Å². The van der Waals surface area contributed by atoms with Crippen LogP contribution in [0.1, 0.15) is 57.1 Å². The van der Waals surface area contributed by atoms with Crippen LogP contribution in [0.15, 0.2) is 30.3 Å². The number of hydrogen-bond donors (Lipinski definition) is 1. The predicted octanol–water partition coefficient (Wildman–Crippen LogP) is 3.26. The van der Waals surface area contributed by atoms with E-state index in [0.29, 0.717) is 37.1 Å². The van der Waals surface area contributed by atoms with Crippen LogP contribution in [0.3, 0.4) is 0 Å². The second-order valence-corrected chi connectivity index (χ2v) is 6.64. The number of amides is 2. The van der Waals surface area contributed by atoms with E-state index in [2.05, 4.69) is 11.4 Å². The summed E-state index contributed by atoms with van der Waals surface area (Å²) < 4.78 is 0. The fraction of sp³-hybridized carbons (Fsp3) is 0.476. The molecular weight excluding hydrogens is 326 g/mol. The molecule has 0 aromatic heterocycles. The van der Waals surface area contributed by atoms with Gasteiger partial charge in [0.05, 0.1) is 11.6 Å². The highest BCUT2D eigenvalue weighted by Gasteiger charge is 2.42. The fourth-order valence-electron chi connectivity index (χ4n) is 3.55. The monoisotopic (exact) mass is 353 g/mol. The van der Waals surface area contributed by atoms with Gasteiger partial charge in [0.15, 0.2) is 0 Å². The van der Waals surface area contributed by atoms with Crippen molar-refractivity contribution in [2.75, 3.05) is 13.1 Å². The Hall–Kier alpha value is -2.61. The van der Waals surface area contributed by atoms with Crippen molar-refractivity contribution in [3.05, 3.63) is 41.5 Å². The SMILES string of the molecule is CCN(CC)C(=O)C1(NC(=O)/C=C/c2ccccc2C#N)CCCCC1. The van der Waals surface area contributed by atoms with Gasteiger partial charge in [-0.3, -0.25) is 9.59 Å². The van der Waals surface area contributed by atoms with E-state index in [0.717, 1.165) is 19.3 Å². The van der Waals surface area contributed by atoms with Crippen molar-refractivity contribution < 1.29 is 9.59 Å². The van der Waals surface area contributed by atoms with Crippen molar-refractivity contribution in [3.63, 3.8) is 0 Å². The molecule has 138 valence electrons. The lowest BCUT2D eigenvalue weighted by Gasteiger charge is -2.39. The van der Waals surface area contributed by atoms with Crippen LogP contribution in [0, 0.1) is 11.3 Å². The first-order valence-corrected chi connectivity index (χ1v) is 9.35. The summed E-state index contributed by atoms with van der Waals surface area (Å²) in [5.74, 6) is -0.276. The Balaban J connectivity index is 2.18. The third kappa shape index (κ3) is 4.51. The highest BCUT2D eigenvalue weighted by Crippen LogP contribution is 2.30. The lowest BCUT2D eigenvalue weighted by Crippen LogP contribution is -2.60. The van der Waals surface area contributed by atoms with Gasteiger partial charge >= 0.3 is 0 Å². The van der Waals surface area contributed by atoms with Gasteiger partial charge in [-0.1, -0.05) is 37.5 Å². The number of nitrogens with zero attached hydrogens (tertiary/aromatic N) is 2. The minimum atomic E-state index is -0.805. The van der Waals surface area contributed by atoms with Crippen LogP contribution in [0.25, 0.3) is 6.08 Å². The van der Waals surface area contributed by atoms with Gasteiger partial charge < -0.3 is 10.2 Å². The molecule has 0 radical (unpaired) electrons. The molecule has 5 nitrogen and oxygen atoms in total. The summed E-state index contributed by atoms with van der Waals surface area (Å²) in [5, 5.41) is 12.1. The van der Waals surface area contributed by atoms with E-state index in [9.17, 15) is 9.59 Å². The summed E-state index contributed by atoms with van der Waals surface area (Å²) in [6, 6.07) is 9.23. The van der Waals surface area contributed by atoms with Crippen molar-refractivity contribution in [3.8, 4) is 6.07 Å². The number of nitriles is 1. The minimum Gasteiger partial charge on any atom is -0.341 e. The van der Waals surface area contributed by atoms with E-state index in [-0.39, 0.29) is 11.8 Å². The first-order chi connectivity index (χ1) is 12.6. The van der Waals surface area contributed by atoms with E-state index < -0.39 is 5.54 Å². The summed E-state index contributed by atoms with van der Waals surface area (Å²) in [6.07, 6.45) is 7.37. The summed E-state index contributed by atoms with van der Waals surface area (Å²) >= 11 is 0. The summed E-state index contributed by atoms with van der Waals surface area (Å²) in [5.41, 5.74) is 0.404. The highest BCUT2D eigenvalue weighted by molar-refractivity contribution is 5.97. The zero-order valence-electron chi connectivity index (χ0n) is 15.6. The van der Waals surface area contributed by atoms with Crippen LogP contribution in [0.5, 0.6) is 0 Å². The smallest absolute Gasteiger partial charge is 0.248 e. The number of hydrogen-bond acceptors (Lipinski definition) is 3. The van der Waals surface area contributed by atoms with Crippen LogP contribution in [-0.4, -0.2) is 35.3 Å². The van der Waals surface area contributed by atoms with E-state index >= 15 is 0 Å². The second kappa shape index (κ2) is 9.19. The Morgan fingerprint density at radius 3 is 2.46 bits per heavy atom. The lowest BCUT2D eigenvalue weighted by molar-refractivity contribution is -0.142. The van der Waals surface area contributed by atoms with Gasteiger partial charge in [-0.05, 0) is 44.4 Å². The standard InChI is InChI=1S/C21H27N3O2/c1-3-24(4-2)20(26)21(14-8-5-9-15-21)23-19(25)13-12-17-10-6-7-11-18(17)16-22/h6-7,10-13H,3-5,8-9,14-15H2,1-2H3,(H,23,25)/b13-12+. The molecule has 0 atom stereocenters. The summed E-state index contributed by atoms with van der Waals surface area (Å²) in [7, 11) is 0. The molecule has 0 unspecified atom stereocenters. The van der Waals surface area contributed by atoms with Crippen molar-refractivity contribution >= 4 is 17.9 Å². The number of benzene rings is 1. The number of carbonyl (C=O) groups is 2. The lowest BCUT2D eigenvalue weighted by atomic mass is 9.80. The van der Waals surface area contributed by atoms with Crippen molar-refractivity contribution in [2.24, 2.45) is 0 Å². The van der Waals surface area contributed by atoms with E-state index in [1.54, 1.807) is 29.2 Å². The zero-order valence-corrected chi connectivity index (χ0v) is 15.6. The second-order valence-electron chi connectivity index (χ2n) is 6.64. The average molecular weight is 353 g/mol.